The molecule has 1 fully saturated rings. The van der Waals surface area contributed by atoms with Gasteiger partial charge in [-0.15, -0.1) is 0 Å². The number of carbonyl (C=O) groups excluding carboxylic acids is 1. The summed E-state index contributed by atoms with van der Waals surface area (Å²) in [5, 5.41) is 12.5. The lowest BCUT2D eigenvalue weighted by molar-refractivity contribution is -0.149. The molecular formula is C26H33NO6. The van der Waals surface area contributed by atoms with E-state index in [0.29, 0.717) is 30.9 Å². The fourth-order valence-electron chi connectivity index (χ4n) is 4.32. The molecule has 0 aromatic heterocycles. The molecule has 0 bridgehead atoms. The second-order valence-electron chi connectivity index (χ2n) is 8.35. The molecular weight excluding hydrogens is 422 g/mol. The maximum Gasteiger partial charge on any atom is 0.326 e. The van der Waals surface area contributed by atoms with Gasteiger partial charge in [-0.05, 0) is 42.5 Å². The number of aliphatic carboxylic acids is 1. The number of carboxylic acids is 1. The van der Waals surface area contributed by atoms with Gasteiger partial charge in [0.1, 0.15) is 23.1 Å². The molecule has 1 aliphatic heterocycles. The highest BCUT2D eigenvalue weighted by atomic mass is 16.5. The highest BCUT2D eigenvalue weighted by molar-refractivity contribution is 5.89. The van der Waals surface area contributed by atoms with Crippen molar-refractivity contribution in [2.24, 2.45) is 0 Å². The van der Waals surface area contributed by atoms with Gasteiger partial charge in [-0.3, -0.25) is 4.79 Å². The van der Waals surface area contributed by atoms with E-state index in [0.717, 1.165) is 36.0 Å². The number of unbranched alkanes of at least 4 members (excludes halogenated alkanes) is 1. The summed E-state index contributed by atoms with van der Waals surface area (Å²) in [6.07, 6.45) is 4.03. The number of methoxy groups -OCH3 is 2. The van der Waals surface area contributed by atoms with Crippen molar-refractivity contribution in [1.29, 1.82) is 0 Å². The molecule has 1 unspecified atom stereocenters. The van der Waals surface area contributed by atoms with E-state index in [9.17, 15) is 14.7 Å². The predicted octanol–water partition coefficient (Wildman–Crippen LogP) is 4.22. The Kier molecular flexibility index (Phi) is 8.33. The number of nitrogens with one attached hydrogen (secondary N) is 1. The number of amides is 1. The number of carbonyl (C=O) groups is 2. The number of benzene rings is 2. The van der Waals surface area contributed by atoms with Crippen molar-refractivity contribution in [2.75, 3.05) is 20.8 Å². The molecule has 0 aliphatic carbocycles. The lowest BCUT2D eigenvalue weighted by atomic mass is 9.91. The summed E-state index contributed by atoms with van der Waals surface area (Å²) in [6, 6.07) is 12.1. The number of carboxylic acid groups (broad SMARTS) is 1. The van der Waals surface area contributed by atoms with Crippen LogP contribution in [-0.4, -0.2) is 49.5 Å². The van der Waals surface area contributed by atoms with Gasteiger partial charge in [-0.1, -0.05) is 50.1 Å². The standard InChI is InChI=1S/C26H33NO6/c1-4-5-14-26(15-7-16-33-26)25(30)27-20(24(28)29)17-18-10-12-19(13-11-18)23-21(31-2)8-6-9-22(23)32-3/h6,8-13,20H,4-5,7,14-17H2,1-3H3,(H,27,30)(H,28,29)/t20-,26?/m0/s1. The Morgan fingerprint density at radius 2 is 1.79 bits per heavy atom. The zero-order valence-corrected chi connectivity index (χ0v) is 19.6. The molecule has 1 aliphatic rings. The average Bonchev–Trinajstić information content (AvgIpc) is 3.32. The first kappa shape index (κ1) is 24.6. The maximum absolute atomic E-state index is 13.0. The van der Waals surface area contributed by atoms with Crippen LogP contribution in [0.2, 0.25) is 0 Å². The molecule has 7 nitrogen and oxygen atoms in total. The van der Waals surface area contributed by atoms with Gasteiger partial charge in [0, 0.05) is 13.0 Å². The Morgan fingerprint density at radius 1 is 1.12 bits per heavy atom. The van der Waals surface area contributed by atoms with Crippen molar-refractivity contribution in [1.82, 2.24) is 5.32 Å². The zero-order valence-electron chi connectivity index (χ0n) is 19.6. The van der Waals surface area contributed by atoms with Gasteiger partial charge >= 0.3 is 5.97 Å². The summed E-state index contributed by atoms with van der Waals surface area (Å²) in [4.78, 5) is 25.0. The van der Waals surface area contributed by atoms with Gasteiger partial charge in [0.2, 0.25) is 0 Å². The third-order valence-electron chi connectivity index (χ3n) is 6.16. The van der Waals surface area contributed by atoms with Crippen LogP contribution in [0.25, 0.3) is 11.1 Å². The first-order valence-corrected chi connectivity index (χ1v) is 11.4. The van der Waals surface area contributed by atoms with Crippen LogP contribution in [0.15, 0.2) is 42.5 Å². The fourth-order valence-corrected chi connectivity index (χ4v) is 4.32. The van der Waals surface area contributed by atoms with E-state index >= 15 is 0 Å². The molecule has 1 saturated heterocycles. The SMILES string of the molecule is CCCCC1(C(=O)N[C@@H](Cc2ccc(-c3c(OC)cccc3OC)cc2)C(=O)O)CCCO1. The molecule has 33 heavy (non-hydrogen) atoms. The quantitative estimate of drug-likeness (QED) is 0.527. The van der Waals surface area contributed by atoms with Crippen LogP contribution in [-0.2, 0) is 20.7 Å². The van der Waals surface area contributed by atoms with Crippen LogP contribution in [0.5, 0.6) is 11.5 Å². The van der Waals surface area contributed by atoms with Crippen molar-refractivity contribution < 1.29 is 28.9 Å². The van der Waals surface area contributed by atoms with Crippen LogP contribution < -0.4 is 14.8 Å². The smallest absolute Gasteiger partial charge is 0.326 e. The maximum atomic E-state index is 13.0. The molecule has 2 atom stereocenters. The van der Waals surface area contributed by atoms with E-state index in [1.807, 2.05) is 42.5 Å². The lowest BCUT2D eigenvalue weighted by Crippen LogP contribution is -2.52. The van der Waals surface area contributed by atoms with E-state index in [1.165, 1.54) is 0 Å². The van der Waals surface area contributed by atoms with Crippen LogP contribution in [0.1, 0.15) is 44.6 Å². The van der Waals surface area contributed by atoms with Gasteiger partial charge in [0.15, 0.2) is 0 Å². The van der Waals surface area contributed by atoms with Crippen molar-refractivity contribution in [2.45, 2.75) is 57.1 Å². The van der Waals surface area contributed by atoms with E-state index in [1.54, 1.807) is 14.2 Å². The van der Waals surface area contributed by atoms with Crippen molar-refractivity contribution in [3.05, 3.63) is 48.0 Å². The van der Waals surface area contributed by atoms with E-state index in [-0.39, 0.29) is 12.3 Å². The first-order chi connectivity index (χ1) is 15.9. The largest absolute Gasteiger partial charge is 0.496 e. The average molecular weight is 456 g/mol. The second-order valence-corrected chi connectivity index (χ2v) is 8.35. The summed E-state index contributed by atoms with van der Waals surface area (Å²) in [5.74, 6) is -0.0166. The number of hydrogen-bond acceptors (Lipinski definition) is 5. The van der Waals surface area contributed by atoms with Crippen molar-refractivity contribution in [3.8, 4) is 22.6 Å². The number of ether oxygens (including phenoxy) is 3. The van der Waals surface area contributed by atoms with Crippen LogP contribution >= 0.6 is 0 Å². The number of hydrogen-bond donors (Lipinski definition) is 2. The molecule has 2 aromatic carbocycles. The summed E-state index contributed by atoms with van der Waals surface area (Å²) in [7, 11) is 3.21. The van der Waals surface area contributed by atoms with E-state index in [4.69, 9.17) is 14.2 Å². The number of rotatable bonds is 11. The van der Waals surface area contributed by atoms with Crippen LogP contribution in [0.3, 0.4) is 0 Å². The van der Waals surface area contributed by atoms with Gasteiger partial charge in [-0.2, -0.15) is 0 Å². The van der Waals surface area contributed by atoms with Gasteiger partial charge in [0.05, 0.1) is 19.8 Å². The van der Waals surface area contributed by atoms with Crippen LogP contribution in [0.4, 0.5) is 0 Å². The van der Waals surface area contributed by atoms with Gasteiger partial charge in [0.25, 0.3) is 5.91 Å². The van der Waals surface area contributed by atoms with Gasteiger partial charge in [-0.25, -0.2) is 4.79 Å². The Hall–Kier alpha value is -3.06. The molecule has 1 heterocycles. The molecule has 2 aromatic rings. The Bertz CT molecular complexity index is 928. The molecule has 1 amide bonds. The molecule has 2 N–H and O–H groups in total. The van der Waals surface area contributed by atoms with Crippen LogP contribution in [0, 0.1) is 0 Å². The minimum atomic E-state index is -1.07. The first-order valence-electron chi connectivity index (χ1n) is 11.4. The fraction of sp³-hybridized carbons (Fsp3) is 0.462. The zero-order chi connectivity index (χ0) is 23.8. The molecule has 0 radical (unpaired) electrons. The topological polar surface area (TPSA) is 94.1 Å². The predicted molar refractivity (Wildman–Crippen MR) is 126 cm³/mol. The Labute approximate surface area is 195 Å². The molecule has 3 rings (SSSR count). The monoisotopic (exact) mass is 455 g/mol. The van der Waals surface area contributed by atoms with Crippen molar-refractivity contribution in [3.63, 3.8) is 0 Å². The van der Waals surface area contributed by atoms with Gasteiger partial charge < -0.3 is 24.6 Å². The van der Waals surface area contributed by atoms with Crippen molar-refractivity contribution >= 4 is 11.9 Å². The molecule has 0 saturated carbocycles. The highest BCUT2D eigenvalue weighted by Crippen LogP contribution is 2.38. The second kappa shape index (κ2) is 11.2. The summed E-state index contributed by atoms with van der Waals surface area (Å²) in [5.41, 5.74) is 1.61. The Balaban J connectivity index is 1.76. The molecule has 0 spiro atoms. The highest BCUT2D eigenvalue weighted by Gasteiger charge is 2.43. The summed E-state index contributed by atoms with van der Waals surface area (Å²) in [6.45, 7) is 2.59. The lowest BCUT2D eigenvalue weighted by Gasteiger charge is -2.28. The van der Waals surface area contributed by atoms with E-state index in [2.05, 4.69) is 12.2 Å². The van der Waals surface area contributed by atoms with E-state index < -0.39 is 17.6 Å². The third kappa shape index (κ3) is 5.66. The minimum Gasteiger partial charge on any atom is -0.496 e. The Morgan fingerprint density at radius 3 is 2.30 bits per heavy atom. The minimum absolute atomic E-state index is 0.175. The molecule has 178 valence electrons. The normalized spacial score (nSPS) is 18.5. The summed E-state index contributed by atoms with van der Waals surface area (Å²) < 4.78 is 16.8. The third-order valence-corrected chi connectivity index (χ3v) is 6.16. The summed E-state index contributed by atoms with van der Waals surface area (Å²) >= 11 is 0. The molecule has 7 heteroatoms.